The van der Waals surface area contributed by atoms with Crippen molar-refractivity contribution in [3.8, 4) is 17.3 Å². The van der Waals surface area contributed by atoms with Crippen LogP contribution in [0.15, 0.2) is 28.8 Å². The quantitative estimate of drug-likeness (QED) is 0.783. The summed E-state index contributed by atoms with van der Waals surface area (Å²) in [6.45, 7) is 3.98. The van der Waals surface area contributed by atoms with Crippen molar-refractivity contribution in [1.29, 1.82) is 0 Å². The highest BCUT2D eigenvalue weighted by Crippen LogP contribution is 2.37. The van der Waals surface area contributed by atoms with Crippen LogP contribution in [0.2, 0.25) is 0 Å². The maximum atomic E-state index is 6.24. The fourth-order valence-corrected chi connectivity index (χ4v) is 2.76. The monoisotopic (exact) mass is 346 g/mol. The highest BCUT2D eigenvalue weighted by atomic mass is 35.5. The van der Waals surface area contributed by atoms with Crippen molar-refractivity contribution in [1.82, 2.24) is 25.1 Å². The molecule has 7 nitrogen and oxygen atoms in total. The summed E-state index contributed by atoms with van der Waals surface area (Å²) in [6.07, 6.45) is 2.88. The van der Waals surface area contributed by atoms with Gasteiger partial charge in [0.05, 0.1) is 16.9 Å². The largest absolute Gasteiger partial charge is 0.332 e. The van der Waals surface area contributed by atoms with Gasteiger partial charge in [-0.15, -0.1) is 17.5 Å². The Kier molecular flexibility index (Phi) is 4.15. The SMILES string of the molecule is Cc1ccc(-n2nnc(-c3nc(C4(N)CCC4)no3)c2C)cc1.Cl. The minimum Gasteiger partial charge on any atom is -0.332 e. The lowest BCUT2D eigenvalue weighted by atomic mass is 9.77. The van der Waals surface area contributed by atoms with E-state index in [9.17, 15) is 0 Å². The smallest absolute Gasteiger partial charge is 0.280 e. The third kappa shape index (κ3) is 2.59. The molecule has 1 fully saturated rings. The molecule has 1 aliphatic rings. The molecular formula is C16H19ClN6O. The first kappa shape index (κ1) is 16.6. The number of rotatable bonds is 3. The second-order valence-electron chi connectivity index (χ2n) is 6.20. The lowest BCUT2D eigenvalue weighted by Gasteiger charge is -2.34. The van der Waals surface area contributed by atoms with Gasteiger partial charge in [-0.2, -0.15) is 4.98 Å². The molecule has 2 aromatic heterocycles. The molecule has 8 heteroatoms. The summed E-state index contributed by atoms with van der Waals surface area (Å²) in [6, 6.07) is 8.08. The summed E-state index contributed by atoms with van der Waals surface area (Å²) >= 11 is 0. The van der Waals surface area contributed by atoms with Crippen molar-refractivity contribution in [3.05, 3.63) is 41.3 Å². The number of nitrogens with two attached hydrogens (primary N) is 1. The number of nitrogens with zero attached hydrogens (tertiary/aromatic N) is 5. The first-order valence-corrected chi connectivity index (χ1v) is 7.70. The highest BCUT2D eigenvalue weighted by molar-refractivity contribution is 5.85. The van der Waals surface area contributed by atoms with Crippen LogP contribution < -0.4 is 5.73 Å². The van der Waals surface area contributed by atoms with Gasteiger partial charge in [-0.3, -0.25) is 0 Å². The summed E-state index contributed by atoms with van der Waals surface area (Å²) < 4.78 is 7.13. The van der Waals surface area contributed by atoms with Crippen LogP contribution in [0.5, 0.6) is 0 Å². The van der Waals surface area contributed by atoms with Crippen LogP contribution >= 0.6 is 12.4 Å². The Morgan fingerprint density at radius 1 is 1.17 bits per heavy atom. The third-order valence-electron chi connectivity index (χ3n) is 4.49. The zero-order valence-corrected chi connectivity index (χ0v) is 14.4. The van der Waals surface area contributed by atoms with E-state index in [1.165, 1.54) is 5.56 Å². The van der Waals surface area contributed by atoms with Crippen molar-refractivity contribution in [2.24, 2.45) is 5.73 Å². The number of aryl methyl sites for hydroxylation is 1. The van der Waals surface area contributed by atoms with Crippen LogP contribution in [0.25, 0.3) is 17.3 Å². The molecule has 0 radical (unpaired) electrons. The highest BCUT2D eigenvalue weighted by Gasteiger charge is 2.39. The fourth-order valence-electron chi connectivity index (χ4n) is 2.76. The average molecular weight is 347 g/mol. The van der Waals surface area contributed by atoms with E-state index in [1.807, 2.05) is 38.1 Å². The van der Waals surface area contributed by atoms with E-state index >= 15 is 0 Å². The van der Waals surface area contributed by atoms with Gasteiger partial charge in [0, 0.05) is 0 Å². The van der Waals surface area contributed by atoms with Crippen LogP contribution in [0.3, 0.4) is 0 Å². The Bertz CT molecular complexity index is 850. The summed E-state index contributed by atoms with van der Waals surface area (Å²) in [7, 11) is 0. The Balaban J connectivity index is 0.00000169. The van der Waals surface area contributed by atoms with E-state index in [0.29, 0.717) is 17.4 Å². The van der Waals surface area contributed by atoms with Gasteiger partial charge in [0.25, 0.3) is 5.89 Å². The number of hydrogen-bond acceptors (Lipinski definition) is 6. The van der Waals surface area contributed by atoms with E-state index in [0.717, 1.165) is 30.6 Å². The summed E-state index contributed by atoms with van der Waals surface area (Å²) in [5.41, 5.74) is 9.38. The zero-order valence-electron chi connectivity index (χ0n) is 13.6. The molecule has 0 spiro atoms. The minimum atomic E-state index is -0.442. The van der Waals surface area contributed by atoms with Crippen molar-refractivity contribution in [2.45, 2.75) is 38.6 Å². The molecule has 0 aliphatic heterocycles. The minimum absolute atomic E-state index is 0. The lowest BCUT2D eigenvalue weighted by molar-refractivity contribution is 0.229. The van der Waals surface area contributed by atoms with Crippen LogP contribution in [-0.2, 0) is 5.54 Å². The van der Waals surface area contributed by atoms with Gasteiger partial charge >= 0.3 is 0 Å². The first-order chi connectivity index (χ1) is 11.1. The van der Waals surface area contributed by atoms with E-state index in [1.54, 1.807) is 4.68 Å². The Hall–Kier alpha value is -2.25. The lowest BCUT2D eigenvalue weighted by Crippen LogP contribution is -2.44. The molecule has 3 aromatic rings. The van der Waals surface area contributed by atoms with Gasteiger partial charge in [0.2, 0.25) is 0 Å². The van der Waals surface area contributed by atoms with Gasteiger partial charge in [-0.25, -0.2) is 4.68 Å². The van der Waals surface area contributed by atoms with Gasteiger partial charge < -0.3 is 10.3 Å². The average Bonchev–Trinajstić information content (AvgIpc) is 3.13. The molecule has 4 rings (SSSR count). The molecule has 0 bridgehead atoms. The topological polar surface area (TPSA) is 95.7 Å². The second kappa shape index (κ2) is 5.99. The maximum absolute atomic E-state index is 6.24. The van der Waals surface area contributed by atoms with E-state index < -0.39 is 5.54 Å². The van der Waals surface area contributed by atoms with Crippen LogP contribution in [0, 0.1) is 13.8 Å². The number of aromatic nitrogens is 5. The third-order valence-corrected chi connectivity index (χ3v) is 4.49. The molecule has 0 atom stereocenters. The van der Waals surface area contributed by atoms with Crippen molar-refractivity contribution >= 4 is 12.4 Å². The van der Waals surface area contributed by atoms with Gasteiger partial charge in [-0.05, 0) is 45.2 Å². The number of halogens is 1. The van der Waals surface area contributed by atoms with Crippen molar-refractivity contribution in [3.63, 3.8) is 0 Å². The first-order valence-electron chi connectivity index (χ1n) is 7.70. The molecule has 24 heavy (non-hydrogen) atoms. The van der Waals surface area contributed by atoms with Gasteiger partial charge in [-0.1, -0.05) is 28.1 Å². The second-order valence-corrected chi connectivity index (χ2v) is 6.20. The molecule has 1 aromatic carbocycles. The Morgan fingerprint density at radius 2 is 1.88 bits per heavy atom. The van der Waals surface area contributed by atoms with Crippen molar-refractivity contribution < 1.29 is 4.52 Å². The Labute approximate surface area is 145 Å². The zero-order chi connectivity index (χ0) is 16.0. The fraction of sp³-hybridized carbons (Fsp3) is 0.375. The van der Waals surface area contributed by atoms with Crippen LogP contribution in [0.4, 0.5) is 0 Å². The summed E-state index contributed by atoms with van der Waals surface area (Å²) in [4.78, 5) is 4.44. The molecule has 0 saturated heterocycles. The normalized spacial score (nSPS) is 15.6. The van der Waals surface area contributed by atoms with Crippen molar-refractivity contribution in [2.75, 3.05) is 0 Å². The molecule has 2 N–H and O–H groups in total. The molecule has 2 heterocycles. The molecule has 0 amide bonds. The van der Waals surface area contributed by atoms with Crippen LogP contribution in [-0.4, -0.2) is 25.1 Å². The number of benzene rings is 1. The molecule has 1 aliphatic carbocycles. The molecular weight excluding hydrogens is 328 g/mol. The van der Waals surface area contributed by atoms with E-state index in [-0.39, 0.29) is 12.4 Å². The molecule has 0 unspecified atom stereocenters. The predicted octanol–water partition coefficient (Wildman–Crippen LogP) is 2.69. The molecule has 126 valence electrons. The van der Waals surface area contributed by atoms with Gasteiger partial charge in [0.15, 0.2) is 11.5 Å². The molecule has 1 saturated carbocycles. The number of hydrogen-bond donors (Lipinski definition) is 1. The summed E-state index contributed by atoms with van der Waals surface area (Å²) in [5, 5.41) is 12.4. The van der Waals surface area contributed by atoms with E-state index in [2.05, 4.69) is 20.5 Å². The van der Waals surface area contributed by atoms with Gasteiger partial charge in [0.1, 0.15) is 0 Å². The maximum Gasteiger partial charge on any atom is 0.280 e. The Morgan fingerprint density at radius 3 is 2.50 bits per heavy atom. The van der Waals surface area contributed by atoms with E-state index in [4.69, 9.17) is 10.3 Å². The predicted molar refractivity (Wildman–Crippen MR) is 91.1 cm³/mol. The standard InChI is InChI=1S/C16H18N6O.ClH/c1-10-4-6-12(7-5-10)22-11(2)13(19-21-22)14-18-15(20-23-14)16(17)8-3-9-16;/h4-7H,3,8-9,17H2,1-2H3;1H. The summed E-state index contributed by atoms with van der Waals surface area (Å²) in [5.74, 6) is 0.927. The van der Waals surface area contributed by atoms with Crippen LogP contribution in [0.1, 0.15) is 36.3 Å².